The van der Waals surface area contributed by atoms with E-state index < -0.39 is 5.63 Å². The van der Waals surface area contributed by atoms with E-state index in [0.717, 1.165) is 29.4 Å². The van der Waals surface area contributed by atoms with Gasteiger partial charge in [0.25, 0.3) is 0 Å². The third kappa shape index (κ3) is 2.91. The summed E-state index contributed by atoms with van der Waals surface area (Å²) < 4.78 is 5.14. The molecule has 0 aliphatic rings. The molecule has 0 radical (unpaired) electrons. The van der Waals surface area contributed by atoms with Gasteiger partial charge in [0, 0.05) is 35.1 Å². The first-order chi connectivity index (χ1) is 8.74. The molecule has 0 fully saturated rings. The lowest BCUT2D eigenvalue weighted by molar-refractivity contribution is 0.282. The van der Waals surface area contributed by atoms with Gasteiger partial charge >= 0.3 is 5.63 Å². The molecular weight excluding hydrogens is 298 g/mol. The molecule has 0 saturated heterocycles. The monoisotopic (exact) mass is 311 g/mol. The van der Waals surface area contributed by atoms with E-state index in [1.54, 1.807) is 6.07 Å². The highest BCUT2D eigenvalue weighted by Crippen LogP contribution is 2.21. The van der Waals surface area contributed by atoms with E-state index in [4.69, 9.17) is 4.42 Å². The van der Waals surface area contributed by atoms with Crippen LogP contribution in [0.2, 0.25) is 0 Å². The highest BCUT2D eigenvalue weighted by atomic mass is 79.9. The number of aliphatic hydroxyl groups excluding tert-OH is 1. The summed E-state index contributed by atoms with van der Waals surface area (Å²) in [5, 5.41) is 14.2. The number of alkyl halides is 1. The average molecular weight is 312 g/mol. The van der Waals surface area contributed by atoms with Crippen molar-refractivity contribution in [2.75, 3.05) is 17.2 Å². The molecule has 0 unspecified atom stereocenters. The number of anilines is 1. The lowest BCUT2D eigenvalue weighted by Crippen LogP contribution is -2.03. The first kappa shape index (κ1) is 13.1. The van der Waals surface area contributed by atoms with Gasteiger partial charge in [0.2, 0.25) is 0 Å². The maximum Gasteiger partial charge on any atom is 0.336 e. The molecule has 0 atom stereocenters. The molecule has 0 spiro atoms. The standard InChI is InChI=1S/C13H14BrNO3/c14-4-1-5-15-10-2-3-11-9(8-16)6-13(17)18-12(11)7-10/h2-3,6-7,15-16H,1,4-5,8H2. The van der Waals surface area contributed by atoms with Crippen LogP contribution < -0.4 is 10.9 Å². The zero-order valence-electron chi connectivity index (χ0n) is 9.78. The van der Waals surface area contributed by atoms with Gasteiger partial charge in [-0.15, -0.1) is 0 Å². The van der Waals surface area contributed by atoms with E-state index >= 15 is 0 Å². The number of hydrogen-bond donors (Lipinski definition) is 2. The second kappa shape index (κ2) is 6.02. The van der Waals surface area contributed by atoms with Crippen molar-refractivity contribution in [3.05, 3.63) is 40.2 Å². The summed E-state index contributed by atoms with van der Waals surface area (Å²) in [5.41, 5.74) is 1.55. The van der Waals surface area contributed by atoms with Gasteiger partial charge in [-0.25, -0.2) is 4.79 Å². The predicted octanol–water partition coefficient (Wildman–Crippen LogP) is 2.48. The van der Waals surface area contributed by atoms with Crippen LogP contribution >= 0.6 is 15.9 Å². The molecule has 1 heterocycles. The minimum atomic E-state index is -0.441. The lowest BCUT2D eigenvalue weighted by atomic mass is 10.1. The summed E-state index contributed by atoms with van der Waals surface area (Å²) in [6.07, 6.45) is 1.01. The van der Waals surface area contributed by atoms with Crippen molar-refractivity contribution >= 4 is 32.6 Å². The molecule has 0 saturated carbocycles. The summed E-state index contributed by atoms with van der Waals surface area (Å²) in [5.74, 6) is 0. The van der Waals surface area contributed by atoms with Crippen LogP contribution in [0, 0.1) is 0 Å². The molecule has 1 aromatic carbocycles. The summed E-state index contributed by atoms with van der Waals surface area (Å²) in [4.78, 5) is 11.3. The van der Waals surface area contributed by atoms with Crippen LogP contribution in [0.3, 0.4) is 0 Å². The minimum absolute atomic E-state index is 0.168. The van der Waals surface area contributed by atoms with E-state index in [-0.39, 0.29) is 6.61 Å². The van der Waals surface area contributed by atoms with Crippen molar-refractivity contribution < 1.29 is 9.52 Å². The summed E-state index contributed by atoms with van der Waals surface area (Å²) in [6, 6.07) is 6.86. The van der Waals surface area contributed by atoms with Crippen LogP contribution in [0.25, 0.3) is 11.0 Å². The van der Waals surface area contributed by atoms with Crippen LogP contribution in [-0.4, -0.2) is 17.0 Å². The van der Waals surface area contributed by atoms with Crippen LogP contribution in [0.15, 0.2) is 33.5 Å². The van der Waals surface area contributed by atoms with Gasteiger partial charge in [-0.2, -0.15) is 0 Å². The molecule has 5 heteroatoms. The van der Waals surface area contributed by atoms with Crippen LogP contribution in [0.4, 0.5) is 5.69 Å². The molecule has 0 amide bonds. The van der Waals surface area contributed by atoms with E-state index in [9.17, 15) is 9.90 Å². The second-order valence-corrected chi connectivity index (χ2v) is 4.72. The summed E-state index contributed by atoms with van der Waals surface area (Å²) in [7, 11) is 0. The number of aliphatic hydroxyl groups is 1. The number of nitrogens with one attached hydrogen (secondary N) is 1. The highest BCUT2D eigenvalue weighted by molar-refractivity contribution is 9.09. The number of rotatable bonds is 5. The van der Waals surface area contributed by atoms with E-state index in [0.29, 0.717) is 11.1 Å². The quantitative estimate of drug-likeness (QED) is 0.506. The number of halogens is 1. The van der Waals surface area contributed by atoms with Gasteiger partial charge in [-0.3, -0.25) is 0 Å². The Morgan fingerprint density at radius 1 is 1.33 bits per heavy atom. The summed E-state index contributed by atoms with van der Waals surface area (Å²) >= 11 is 3.36. The maximum atomic E-state index is 11.3. The molecule has 1 aromatic heterocycles. The third-order valence-electron chi connectivity index (χ3n) is 2.64. The zero-order chi connectivity index (χ0) is 13.0. The number of benzene rings is 1. The maximum absolute atomic E-state index is 11.3. The largest absolute Gasteiger partial charge is 0.423 e. The van der Waals surface area contributed by atoms with Gasteiger partial charge in [0.15, 0.2) is 0 Å². The molecule has 2 N–H and O–H groups in total. The van der Waals surface area contributed by atoms with Crippen LogP contribution in [0.1, 0.15) is 12.0 Å². The molecule has 2 rings (SSSR count). The van der Waals surface area contributed by atoms with Gasteiger partial charge in [0.05, 0.1) is 6.61 Å². The molecule has 4 nitrogen and oxygen atoms in total. The molecule has 18 heavy (non-hydrogen) atoms. The topological polar surface area (TPSA) is 62.5 Å². The van der Waals surface area contributed by atoms with Gasteiger partial charge in [0.1, 0.15) is 5.58 Å². The van der Waals surface area contributed by atoms with Gasteiger partial charge in [-0.05, 0) is 24.1 Å². The third-order valence-corrected chi connectivity index (χ3v) is 3.20. The van der Waals surface area contributed by atoms with E-state index in [2.05, 4.69) is 21.2 Å². The number of hydrogen-bond acceptors (Lipinski definition) is 4. The van der Waals surface area contributed by atoms with Crippen LogP contribution in [-0.2, 0) is 6.61 Å². The minimum Gasteiger partial charge on any atom is -0.423 e. The zero-order valence-corrected chi connectivity index (χ0v) is 11.4. The Bertz CT molecular complexity index is 594. The van der Waals surface area contributed by atoms with Crippen molar-refractivity contribution in [2.45, 2.75) is 13.0 Å². The number of fused-ring (bicyclic) bond motifs is 1. The van der Waals surface area contributed by atoms with E-state index in [1.807, 2.05) is 12.1 Å². The molecular formula is C13H14BrNO3. The fourth-order valence-electron chi connectivity index (χ4n) is 1.77. The first-order valence-electron chi connectivity index (χ1n) is 5.72. The molecule has 2 aromatic rings. The normalized spacial score (nSPS) is 10.8. The van der Waals surface area contributed by atoms with Crippen molar-refractivity contribution in [3.63, 3.8) is 0 Å². The Morgan fingerprint density at radius 2 is 2.17 bits per heavy atom. The lowest BCUT2D eigenvalue weighted by Gasteiger charge is -2.07. The Kier molecular flexibility index (Phi) is 4.38. The first-order valence-corrected chi connectivity index (χ1v) is 6.84. The molecule has 0 aliphatic carbocycles. The van der Waals surface area contributed by atoms with Crippen molar-refractivity contribution in [3.8, 4) is 0 Å². The molecule has 0 bridgehead atoms. The smallest absolute Gasteiger partial charge is 0.336 e. The van der Waals surface area contributed by atoms with Crippen molar-refractivity contribution in [1.29, 1.82) is 0 Å². The van der Waals surface area contributed by atoms with Gasteiger partial charge in [-0.1, -0.05) is 15.9 Å². The highest BCUT2D eigenvalue weighted by Gasteiger charge is 2.05. The van der Waals surface area contributed by atoms with Crippen molar-refractivity contribution in [2.24, 2.45) is 0 Å². The average Bonchev–Trinajstić information content (AvgIpc) is 2.37. The van der Waals surface area contributed by atoms with Crippen LogP contribution in [0.5, 0.6) is 0 Å². The summed E-state index contributed by atoms with van der Waals surface area (Å²) in [6.45, 7) is 0.680. The molecule has 96 valence electrons. The second-order valence-electron chi connectivity index (χ2n) is 3.93. The Labute approximate surface area is 113 Å². The van der Waals surface area contributed by atoms with E-state index in [1.165, 1.54) is 6.07 Å². The SMILES string of the molecule is O=c1cc(CO)c2ccc(NCCCBr)cc2o1. The van der Waals surface area contributed by atoms with Crippen molar-refractivity contribution in [1.82, 2.24) is 0 Å². The molecule has 0 aliphatic heterocycles. The Hall–Kier alpha value is -1.33. The Balaban J connectivity index is 2.36. The fourth-order valence-corrected chi connectivity index (χ4v) is 2.05. The predicted molar refractivity (Wildman–Crippen MR) is 75.3 cm³/mol. The van der Waals surface area contributed by atoms with Gasteiger partial charge < -0.3 is 14.8 Å². The fraction of sp³-hybridized carbons (Fsp3) is 0.308. The Morgan fingerprint density at radius 3 is 2.89 bits per heavy atom.